The number of aromatic nitrogens is 1. The number of alkyl carbamates (subject to hydrolysis) is 1. The van der Waals surface area contributed by atoms with Gasteiger partial charge in [0.1, 0.15) is 11.5 Å². The number of amides is 1. The lowest BCUT2D eigenvalue weighted by atomic mass is 9.83. The van der Waals surface area contributed by atoms with Crippen LogP contribution in [0.3, 0.4) is 0 Å². The van der Waals surface area contributed by atoms with Gasteiger partial charge in [0.2, 0.25) is 0 Å². The van der Waals surface area contributed by atoms with Crippen LogP contribution in [0.15, 0.2) is 34.9 Å². The molecular formula is C21H26FN3O7. The number of nitrogens with zero attached hydrogens (tertiary/aromatic N) is 1. The maximum atomic E-state index is 13.4. The second-order valence-electron chi connectivity index (χ2n) is 7.13. The number of nitrogens with one attached hydrogen (secondary N) is 2. The van der Waals surface area contributed by atoms with Crippen molar-refractivity contribution < 1.29 is 38.2 Å². The zero-order chi connectivity index (χ0) is 23.6. The van der Waals surface area contributed by atoms with Crippen LogP contribution in [0, 0.1) is 5.82 Å². The summed E-state index contributed by atoms with van der Waals surface area (Å²) in [5.41, 5.74) is 0.341. The number of hydrogen-bond acceptors (Lipinski definition) is 7. The van der Waals surface area contributed by atoms with Crippen LogP contribution in [-0.4, -0.2) is 53.1 Å². The van der Waals surface area contributed by atoms with Gasteiger partial charge < -0.3 is 30.1 Å². The van der Waals surface area contributed by atoms with Crippen LogP contribution >= 0.6 is 0 Å². The van der Waals surface area contributed by atoms with Gasteiger partial charge in [0.25, 0.3) is 0 Å². The predicted octanol–water partition coefficient (Wildman–Crippen LogP) is 2.78. The molecule has 0 unspecified atom stereocenters. The Morgan fingerprint density at radius 2 is 1.91 bits per heavy atom. The monoisotopic (exact) mass is 451 g/mol. The number of carbonyl (C=O) groups excluding carboxylic acids is 1. The van der Waals surface area contributed by atoms with Crippen molar-refractivity contribution in [1.29, 1.82) is 0 Å². The van der Waals surface area contributed by atoms with Gasteiger partial charge >= 0.3 is 18.0 Å². The minimum absolute atomic E-state index is 0.378. The molecule has 1 aromatic carbocycles. The molecule has 1 aliphatic rings. The lowest BCUT2D eigenvalue weighted by molar-refractivity contribution is -0.134. The van der Waals surface area contributed by atoms with Crippen molar-refractivity contribution in [1.82, 2.24) is 15.8 Å². The number of fused-ring (bicyclic) bond motifs is 1. The van der Waals surface area contributed by atoms with Crippen molar-refractivity contribution in [3.63, 3.8) is 0 Å². The van der Waals surface area contributed by atoms with Crippen molar-refractivity contribution in [3.05, 3.63) is 41.9 Å². The normalized spacial score (nSPS) is 15.1. The van der Waals surface area contributed by atoms with Gasteiger partial charge in [0, 0.05) is 23.6 Å². The van der Waals surface area contributed by atoms with Gasteiger partial charge in [-0.15, -0.1) is 0 Å². The molecule has 3 rings (SSSR count). The Labute approximate surface area is 183 Å². The molecule has 2 heterocycles. The smallest absolute Gasteiger partial charge is 0.407 e. The minimum atomic E-state index is -1.26. The summed E-state index contributed by atoms with van der Waals surface area (Å²) >= 11 is 0. The molecule has 0 saturated carbocycles. The van der Waals surface area contributed by atoms with E-state index in [0.717, 1.165) is 25.9 Å². The van der Waals surface area contributed by atoms with Gasteiger partial charge in [-0.25, -0.2) is 18.8 Å². The molecule has 1 amide bonds. The standard InChI is InChI=1S/C17H22FN3O3.C4H4O4/c1-2-3-10-23-16(22)20-17(6-8-19-9-7-17)15-13-5-4-12(18)11-14(13)24-21-15;5-3(6)1-2-4(7)8/h4-5,11,19H,2-3,6-10H2,1H3,(H,20,22);1-2H,(H,5,6)(H,7,8)/b;2-1+. The highest BCUT2D eigenvalue weighted by Crippen LogP contribution is 2.35. The molecule has 0 atom stereocenters. The first kappa shape index (κ1) is 24.8. The molecule has 0 radical (unpaired) electrons. The molecule has 0 spiro atoms. The highest BCUT2D eigenvalue weighted by molar-refractivity contribution is 5.89. The van der Waals surface area contributed by atoms with E-state index in [0.29, 0.717) is 48.3 Å². The van der Waals surface area contributed by atoms with Gasteiger partial charge in [-0.3, -0.25) is 0 Å². The van der Waals surface area contributed by atoms with Crippen LogP contribution in [0.1, 0.15) is 38.3 Å². The van der Waals surface area contributed by atoms with Crippen molar-refractivity contribution >= 4 is 29.0 Å². The van der Waals surface area contributed by atoms with E-state index < -0.39 is 23.6 Å². The van der Waals surface area contributed by atoms with Gasteiger partial charge in [-0.05, 0) is 44.5 Å². The predicted molar refractivity (Wildman–Crippen MR) is 112 cm³/mol. The summed E-state index contributed by atoms with van der Waals surface area (Å²) in [5, 5.41) is 26.7. The van der Waals surface area contributed by atoms with Gasteiger partial charge in [0.05, 0.1) is 12.1 Å². The van der Waals surface area contributed by atoms with Crippen LogP contribution in [0.25, 0.3) is 11.0 Å². The average molecular weight is 451 g/mol. The van der Waals surface area contributed by atoms with Crippen molar-refractivity contribution in [2.45, 2.75) is 38.1 Å². The molecule has 1 saturated heterocycles. The third-order valence-corrected chi connectivity index (χ3v) is 4.79. The number of hydrogen-bond donors (Lipinski definition) is 4. The zero-order valence-corrected chi connectivity index (χ0v) is 17.6. The summed E-state index contributed by atoms with van der Waals surface area (Å²) in [4.78, 5) is 31.3. The first-order chi connectivity index (χ1) is 15.3. The number of piperidine rings is 1. The fraction of sp³-hybridized carbons (Fsp3) is 0.429. The van der Waals surface area contributed by atoms with Crippen molar-refractivity contribution in [3.8, 4) is 0 Å². The average Bonchev–Trinajstić information content (AvgIpc) is 3.17. The molecular weight excluding hydrogens is 425 g/mol. The summed E-state index contributed by atoms with van der Waals surface area (Å²) in [6, 6.07) is 4.32. The van der Waals surface area contributed by atoms with E-state index in [2.05, 4.69) is 15.8 Å². The number of unbranched alkanes of at least 4 members (excludes halogenated alkanes) is 1. The number of carboxylic acid groups (broad SMARTS) is 2. The molecule has 11 heteroatoms. The number of aliphatic carboxylic acids is 2. The van der Waals surface area contributed by atoms with Gasteiger partial charge in [0.15, 0.2) is 5.58 Å². The number of benzene rings is 1. The summed E-state index contributed by atoms with van der Waals surface area (Å²) in [6.45, 7) is 3.91. The maximum Gasteiger partial charge on any atom is 0.407 e. The molecule has 1 aromatic heterocycles. The van der Waals surface area contributed by atoms with Crippen molar-refractivity contribution in [2.75, 3.05) is 19.7 Å². The van der Waals surface area contributed by atoms with Crippen LogP contribution < -0.4 is 10.6 Å². The van der Waals surface area contributed by atoms with E-state index in [-0.39, 0.29) is 5.82 Å². The molecule has 2 aromatic rings. The van der Waals surface area contributed by atoms with Crippen molar-refractivity contribution in [2.24, 2.45) is 0 Å². The second kappa shape index (κ2) is 11.8. The lowest BCUT2D eigenvalue weighted by Gasteiger charge is -2.36. The number of carbonyl (C=O) groups is 3. The fourth-order valence-electron chi connectivity index (χ4n) is 3.21. The second-order valence-corrected chi connectivity index (χ2v) is 7.13. The first-order valence-corrected chi connectivity index (χ1v) is 10.1. The largest absolute Gasteiger partial charge is 0.478 e. The quantitative estimate of drug-likeness (QED) is 0.368. The molecule has 0 bridgehead atoms. The van der Waals surface area contributed by atoms with E-state index in [1.807, 2.05) is 6.92 Å². The molecule has 10 nitrogen and oxygen atoms in total. The summed E-state index contributed by atoms with van der Waals surface area (Å²) in [5.74, 6) is -2.89. The van der Waals surface area contributed by atoms with Gasteiger partial charge in [-0.2, -0.15) is 0 Å². The van der Waals surface area contributed by atoms with E-state index in [1.165, 1.54) is 12.1 Å². The van der Waals surface area contributed by atoms with Crippen LogP contribution in [-0.2, 0) is 19.9 Å². The minimum Gasteiger partial charge on any atom is -0.478 e. The van der Waals surface area contributed by atoms with E-state index in [4.69, 9.17) is 19.5 Å². The van der Waals surface area contributed by atoms with Crippen LogP contribution in [0.5, 0.6) is 0 Å². The Morgan fingerprint density at radius 3 is 2.50 bits per heavy atom. The first-order valence-electron chi connectivity index (χ1n) is 10.1. The Morgan fingerprint density at radius 1 is 1.25 bits per heavy atom. The molecule has 0 aliphatic carbocycles. The Hall–Kier alpha value is -3.47. The Bertz CT molecular complexity index is 951. The highest BCUT2D eigenvalue weighted by atomic mass is 19.1. The van der Waals surface area contributed by atoms with Gasteiger partial charge in [-0.1, -0.05) is 18.5 Å². The number of carboxylic acids is 2. The Kier molecular flexibility index (Phi) is 9.14. The maximum absolute atomic E-state index is 13.4. The van der Waals surface area contributed by atoms with Crippen LogP contribution in [0.4, 0.5) is 9.18 Å². The van der Waals surface area contributed by atoms with Crippen LogP contribution in [0.2, 0.25) is 0 Å². The SMILES string of the molecule is CCCCOC(=O)NC1(c2noc3cc(F)ccc23)CCNCC1.O=C(O)/C=C/C(=O)O. The van der Waals surface area contributed by atoms with E-state index in [9.17, 15) is 18.8 Å². The Balaban J connectivity index is 0.000000390. The third-order valence-electron chi connectivity index (χ3n) is 4.79. The fourth-order valence-corrected chi connectivity index (χ4v) is 3.21. The highest BCUT2D eigenvalue weighted by Gasteiger charge is 2.40. The molecule has 32 heavy (non-hydrogen) atoms. The van der Waals surface area contributed by atoms with E-state index in [1.54, 1.807) is 6.07 Å². The molecule has 4 N–H and O–H groups in total. The topological polar surface area (TPSA) is 151 Å². The number of ether oxygens (including phenoxy) is 1. The third kappa shape index (κ3) is 7.05. The zero-order valence-electron chi connectivity index (χ0n) is 17.6. The summed E-state index contributed by atoms with van der Waals surface area (Å²) in [6.07, 6.45) is 3.77. The summed E-state index contributed by atoms with van der Waals surface area (Å²) < 4.78 is 23.9. The lowest BCUT2D eigenvalue weighted by Crippen LogP contribution is -2.52. The summed E-state index contributed by atoms with van der Waals surface area (Å²) in [7, 11) is 0. The number of rotatable bonds is 7. The molecule has 174 valence electrons. The molecule has 1 fully saturated rings. The number of halogens is 1. The van der Waals surface area contributed by atoms with E-state index >= 15 is 0 Å². The molecule has 1 aliphatic heterocycles.